The van der Waals surface area contributed by atoms with Crippen LogP contribution in [0.2, 0.25) is 0 Å². The van der Waals surface area contributed by atoms with Crippen LogP contribution in [0.3, 0.4) is 0 Å². The Bertz CT molecular complexity index is 1030. The maximum Gasteiger partial charge on any atom is 0.143 e. The largest absolute Gasteiger partial charge is 0.508 e. The van der Waals surface area contributed by atoms with Crippen LogP contribution in [-0.2, 0) is 0 Å². The zero-order valence-electron chi connectivity index (χ0n) is 13.2. The van der Waals surface area contributed by atoms with E-state index >= 15 is 0 Å². The van der Waals surface area contributed by atoms with Gasteiger partial charge in [-0.15, -0.1) is 0 Å². The number of para-hydroxylation sites is 1. The van der Waals surface area contributed by atoms with Crippen molar-refractivity contribution >= 4 is 26.8 Å². The molecule has 4 aromatic rings. The van der Waals surface area contributed by atoms with E-state index in [0.717, 1.165) is 43.8 Å². The Hall–Kier alpha value is -2.53. The van der Waals surface area contributed by atoms with Gasteiger partial charge in [0.2, 0.25) is 0 Å². The van der Waals surface area contributed by atoms with Crippen molar-refractivity contribution < 1.29 is 9.63 Å². The predicted octanol–water partition coefficient (Wildman–Crippen LogP) is 5.37. The Labute approximate surface area is 147 Å². The molecule has 5 heteroatoms. The van der Waals surface area contributed by atoms with Crippen LogP contribution in [0.4, 0.5) is 0 Å². The smallest absolute Gasteiger partial charge is 0.143 e. The number of rotatable bonds is 2. The Morgan fingerprint density at radius 1 is 1.04 bits per heavy atom. The Kier molecular flexibility index (Phi) is 3.46. The molecule has 0 spiro atoms. The van der Waals surface area contributed by atoms with Crippen molar-refractivity contribution in [2.75, 3.05) is 0 Å². The second kappa shape index (κ2) is 5.53. The number of nitrogens with zero attached hydrogens (tertiary/aromatic N) is 2. The molecule has 24 heavy (non-hydrogen) atoms. The summed E-state index contributed by atoms with van der Waals surface area (Å²) >= 11 is 3.76. The van der Waals surface area contributed by atoms with E-state index in [1.807, 2.05) is 38.1 Å². The summed E-state index contributed by atoms with van der Waals surface area (Å²) in [4.78, 5) is 0. The minimum absolute atomic E-state index is 0.244. The summed E-state index contributed by atoms with van der Waals surface area (Å²) in [5, 5.41) is 14.8. The third-order valence-corrected chi connectivity index (χ3v) is 4.99. The van der Waals surface area contributed by atoms with Crippen LogP contribution in [-0.4, -0.2) is 14.8 Å². The molecule has 2 heterocycles. The van der Waals surface area contributed by atoms with E-state index in [-0.39, 0.29) is 5.75 Å². The maximum absolute atomic E-state index is 9.62. The van der Waals surface area contributed by atoms with Crippen molar-refractivity contribution in [2.45, 2.75) is 13.8 Å². The molecular formula is C19H15BrN2O2. The quantitative estimate of drug-likeness (QED) is 0.506. The van der Waals surface area contributed by atoms with Crippen LogP contribution < -0.4 is 0 Å². The summed E-state index contributed by atoms with van der Waals surface area (Å²) in [6.45, 7) is 3.86. The first-order chi connectivity index (χ1) is 11.6. The highest BCUT2D eigenvalue weighted by Gasteiger charge is 2.23. The zero-order chi connectivity index (χ0) is 16.8. The van der Waals surface area contributed by atoms with E-state index in [9.17, 15) is 5.11 Å². The van der Waals surface area contributed by atoms with Crippen LogP contribution in [0.1, 0.15) is 11.5 Å². The van der Waals surface area contributed by atoms with Gasteiger partial charge in [0.05, 0.1) is 26.9 Å². The number of aryl methyl sites for hydroxylation is 2. The van der Waals surface area contributed by atoms with Crippen molar-refractivity contribution in [3.8, 4) is 22.7 Å². The van der Waals surface area contributed by atoms with E-state index < -0.39 is 0 Å². The molecule has 0 atom stereocenters. The molecule has 0 saturated carbocycles. The Balaban J connectivity index is 2.15. The van der Waals surface area contributed by atoms with Crippen LogP contribution in [0.25, 0.3) is 27.8 Å². The van der Waals surface area contributed by atoms with E-state index in [0.29, 0.717) is 0 Å². The molecule has 0 unspecified atom stereocenters. The summed E-state index contributed by atoms with van der Waals surface area (Å²) in [6.07, 6.45) is 0. The van der Waals surface area contributed by atoms with Gasteiger partial charge in [0.25, 0.3) is 0 Å². The SMILES string of the molecule is Cc1noc(C)c1-c1c(Br)c2ccccc2n1-c1ccc(O)cc1. The Morgan fingerprint density at radius 3 is 2.42 bits per heavy atom. The van der Waals surface area contributed by atoms with Gasteiger partial charge in [-0.05, 0) is 60.1 Å². The van der Waals surface area contributed by atoms with Crippen molar-refractivity contribution in [1.29, 1.82) is 0 Å². The molecule has 0 fully saturated rings. The highest BCUT2D eigenvalue weighted by Crippen LogP contribution is 2.42. The normalized spacial score (nSPS) is 11.3. The van der Waals surface area contributed by atoms with Crippen molar-refractivity contribution in [1.82, 2.24) is 9.72 Å². The monoisotopic (exact) mass is 382 g/mol. The van der Waals surface area contributed by atoms with Crippen molar-refractivity contribution in [3.05, 3.63) is 64.5 Å². The number of benzene rings is 2. The molecule has 0 aliphatic rings. The van der Waals surface area contributed by atoms with Crippen LogP contribution >= 0.6 is 15.9 Å². The van der Waals surface area contributed by atoms with Gasteiger partial charge in [0.1, 0.15) is 11.5 Å². The first-order valence-electron chi connectivity index (χ1n) is 7.59. The van der Waals surface area contributed by atoms with Gasteiger partial charge >= 0.3 is 0 Å². The van der Waals surface area contributed by atoms with E-state index in [2.05, 4.69) is 37.8 Å². The fraction of sp³-hybridized carbons (Fsp3) is 0.105. The van der Waals surface area contributed by atoms with Crippen LogP contribution in [0.15, 0.2) is 57.5 Å². The molecule has 2 aromatic carbocycles. The number of hydrogen-bond donors (Lipinski definition) is 1. The van der Waals surface area contributed by atoms with Crippen LogP contribution in [0, 0.1) is 13.8 Å². The lowest BCUT2D eigenvalue weighted by molar-refractivity contribution is 0.393. The fourth-order valence-corrected chi connectivity index (χ4v) is 3.82. The third kappa shape index (κ3) is 2.16. The predicted molar refractivity (Wildman–Crippen MR) is 97.6 cm³/mol. The number of phenols is 1. The lowest BCUT2D eigenvalue weighted by Gasteiger charge is -2.11. The van der Waals surface area contributed by atoms with E-state index in [4.69, 9.17) is 4.52 Å². The first kappa shape index (κ1) is 15.0. The number of fused-ring (bicyclic) bond motifs is 1. The second-order valence-corrected chi connectivity index (χ2v) is 6.52. The lowest BCUT2D eigenvalue weighted by Crippen LogP contribution is -1.98. The van der Waals surface area contributed by atoms with Gasteiger partial charge in [-0.25, -0.2) is 0 Å². The molecule has 0 aliphatic heterocycles. The summed E-state index contributed by atoms with van der Waals surface area (Å²) in [5.74, 6) is 1.02. The van der Waals surface area contributed by atoms with Crippen molar-refractivity contribution in [2.24, 2.45) is 0 Å². The highest BCUT2D eigenvalue weighted by molar-refractivity contribution is 9.10. The number of aromatic nitrogens is 2. The number of hydrogen-bond acceptors (Lipinski definition) is 3. The molecule has 0 radical (unpaired) electrons. The van der Waals surface area contributed by atoms with Crippen LogP contribution in [0.5, 0.6) is 5.75 Å². The van der Waals surface area contributed by atoms with E-state index in [1.165, 1.54) is 0 Å². The van der Waals surface area contributed by atoms with Gasteiger partial charge in [0, 0.05) is 11.1 Å². The third-order valence-electron chi connectivity index (χ3n) is 4.19. The lowest BCUT2D eigenvalue weighted by atomic mass is 10.1. The number of phenolic OH excluding ortho intramolecular Hbond substituents is 1. The van der Waals surface area contributed by atoms with Gasteiger partial charge < -0.3 is 14.2 Å². The maximum atomic E-state index is 9.62. The highest BCUT2D eigenvalue weighted by atomic mass is 79.9. The minimum Gasteiger partial charge on any atom is -0.508 e. The second-order valence-electron chi connectivity index (χ2n) is 5.73. The summed E-state index contributed by atoms with van der Waals surface area (Å²) in [7, 11) is 0. The first-order valence-corrected chi connectivity index (χ1v) is 8.39. The molecule has 0 saturated heterocycles. The number of aromatic hydroxyl groups is 1. The molecule has 2 aromatic heterocycles. The number of halogens is 1. The van der Waals surface area contributed by atoms with Gasteiger partial charge in [-0.2, -0.15) is 0 Å². The average Bonchev–Trinajstić information content (AvgIpc) is 3.06. The fourth-order valence-electron chi connectivity index (χ4n) is 3.11. The molecule has 0 amide bonds. The molecule has 1 N–H and O–H groups in total. The minimum atomic E-state index is 0.244. The van der Waals surface area contributed by atoms with Gasteiger partial charge in [-0.1, -0.05) is 23.4 Å². The topological polar surface area (TPSA) is 51.2 Å². The average molecular weight is 383 g/mol. The molecule has 4 rings (SSSR count). The summed E-state index contributed by atoms with van der Waals surface area (Å²) in [5.41, 5.74) is 4.86. The molecular weight excluding hydrogens is 368 g/mol. The zero-order valence-corrected chi connectivity index (χ0v) is 14.8. The van der Waals surface area contributed by atoms with Crippen molar-refractivity contribution in [3.63, 3.8) is 0 Å². The van der Waals surface area contributed by atoms with Gasteiger partial charge in [0.15, 0.2) is 0 Å². The van der Waals surface area contributed by atoms with Gasteiger partial charge in [-0.3, -0.25) is 0 Å². The molecule has 120 valence electrons. The summed E-state index contributed by atoms with van der Waals surface area (Å²) < 4.78 is 8.55. The van der Waals surface area contributed by atoms with E-state index in [1.54, 1.807) is 12.1 Å². The molecule has 0 bridgehead atoms. The Morgan fingerprint density at radius 2 is 1.75 bits per heavy atom. The molecule has 4 nitrogen and oxygen atoms in total. The summed E-state index contributed by atoms with van der Waals surface area (Å²) in [6, 6.07) is 15.4. The molecule has 0 aliphatic carbocycles. The standard InChI is InChI=1S/C19H15BrN2O2/c1-11-17(12(2)24-21-11)19-18(20)15-5-3-4-6-16(15)22(19)13-7-9-14(23)10-8-13/h3-10,23H,1-2H3.